The summed E-state index contributed by atoms with van der Waals surface area (Å²) >= 11 is 0. The summed E-state index contributed by atoms with van der Waals surface area (Å²) in [6.07, 6.45) is -0.885. The van der Waals surface area contributed by atoms with E-state index in [1.54, 1.807) is 36.4 Å². The van der Waals surface area contributed by atoms with Crippen LogP contribution in [0.3, 0.4) is 0 Å². The Morgan fingerprint density at radius 2 is 2.00 bits per heavy atom. The van der Waals surface area contributed by atoms with Gasteiger partial charge in [-0.05, 0) is 31.2 Å². The lowest BCUT2D eigenvalue weighted by Gasteiger charge is -2.14. The van der Waals surface area contributed by atoms with Crippen molar-refractivity contribution in [2.45, 2.75) is 13.0 Å². The standard InChI is InChI=1S/C18H22N2O4/c1-2-24-15-7-5-6-13(10-15)20-18(23)16-8-3-4-9-17(16)19-11-14(22)12-21/h3-10,14,19,21-22H,2,11-12H2,1H3,(H,20,23). The molecule has 2 rings (SSSR count). The second kappa shape index (κ2) is 8.90. The number of nitrogens with one attached hydrogen (secondary N) is 2. The highest BCUT2D eigenvalue weighted by molar-refractivity contribution is 6.08. The van der Waals surface area contributed by atoms with Gasteiger partial charge < -0.3 is 25.6 Å². The lowest BCUT2D eigenvalue weighted by Crippen LogP contribution is -2.24. The summed E-state index contributed by atoms with van der Waals surface area (Å²) in [5, 5.41) is 24.1. The molecule has 1 atom stereocenters. The van der Waals surface area contributed by atoms with Crippen LogP contribution >= 0.6 is 0 Å². The zero-order valence-corrected chi connectivity index (χ0v) is 13.5. The largest absolute Gasteiger partial charge is 0.494 e. The van der Waals surface area contributed by atoms with Gasteiger partial charge in [0.2, 0.25) is 0 Å². The predicted octanol–water partition coefficient (Wildman–Crippen LogP) is 2.10. The average Bonchev–Trinajstić information content (AvgIpc) is 2.60. The highest BCUT2D eigenvalue weighted by Crippen LogP contribution is 2.20. The number of anilines is 2. The molecular weight excluding hydrogens is 308 g/mol. The van der Waals surface area contributed by atoms with Crippen LogP contribution in [-0.2, 0) is 0 Å². The van der Waals surface area contributed by atoms with Crippen LogP contribution in [0.15, 0.2) is 48.5 Å². The molecular formula is C18H22N2O4. The van der Waals surface area contributed by atoms with Gasteiger partial charge in [0.15, 0.2) is 0 Å². The highest BCUT2D eigenvalue weighted by Gasteiger charge is 2.12. The summed E-state index contributed by atoms with van der Waals surface area (Å²) in [6, 6.07) is 14.2. The van der Waals surface area contributed by atoms with Crippen LogP contribution in [0.2, 0.25) is 0 Å². The van der Waals surface area contributed by atoms with Gasteiger partial charge in [0, 0.05) is 24.0 Å². The number of hydrogen-bond acceptors (Lipinski definition) is 5. The lowest BCUT2D eigenvalue weighted by atomic mass is 10.1. The number of carbonyl (C=O) groups is 1. The van der Waals surface area contributed by atoms with Gasteiger partial charge >= 0.3 is 0 Å². The molecule has 4 N–H and O–H groups in total. The molecule has 0 radical (unpaired) electrons. The van der Waals surface area contributed by atoms with E-state index in [0.29, 0.717) is 29.3 Å². The number of rotatable bonds is 8. The van der Waals surface area contributed by atoms with E-state index in [1.165, 1.54) is 0 Å². The van der Waals surface area contributed by atoms with Crippen LogP contribution in [0.5, 0.6) is 5.75 Å². The molecule has 0 heterocycles. The molecule has 0 aliphatic carbocycles. The fourth-order valence-corrected chi connectivity index (χ4v) is 2.16. The Labute approximate surface area is 141 Å². The van der Waals surface area contributed by atoms with Crippen molar-refractivity contribution in [3.8, 4) is 5.75 Å². The minimum absolute atomic E-state index is 0.153. The first-order valence-electron chi connectivity index (χ1n) is 7.80. The van der Waals surface area contributed by atoms with Crippen molar-refractivity contribution in [1.29, 1.82) is 0 Å². The Balaban J connectivity index is 2.10. The van der Waals surface area contributed by atoms with Crippen molar-refractivity contribution in [3.63, 3.8) is 0 Å². The van der Waals surface area contributed by atoms with E-state index in [1.807, 2.05) is 19.1 Å². The lowest BCUT2D eigenvalue weighted by molar-refractivity contribution is 0.102. The van der Waals surface area contributed by atoms with Crippen molar-refractivity contribution < 1.29 is 19.7 Å². The number of aliphatic hydroxyl groups is 2. The number of aliphatic hydroxyl groups excluding tert-OH is 2. The summed E-state index contributed by atoms with van der Waals surface area (Å²) in [5.74, 6) is 0.415. The van der Waals surface area contributed by atoms with Gasteiger partial charge in [0.1, 0.15) is 5.75 Å². The molecule has 6 heteroatoms. The van der Waals surface area contributed by atoms with E-state index in [-0.39, 0.29) is 19.1 Å². The first-order chi connectivity index (χ1) is 11.6. The van der Waals surface area contributed by atoms with Gasteiger partial charge in [-0.2, -0.15) is 0 Å². The Hall–Kier alpha value is -2.57. The first kappa shape index (κ1) is 17.8. The van der Waals surface area contributed by atoms with Gasteiger partial charge in [-0.1, -0.05) is 18.2 Å². The number of hydrogen-bond donors (Lipinski definition) is 4. The summed E-state index contributed by atoms with van der Waals surface area (Å²) in [5.41, 5.74) is 1.67. The Bertz CT molecular complexity index is 676. The number of amides is 1. The van der Waals surface area contributed by atoms with Gasteiger partial charge in [-0.3, -0.25) is 4.79 Å². The van der Waals surface area contributed by atoms with E-state index in [2.05, 4.69) is 10.6 Å². The Kier molecular flexibility index (Phi) is 6.60. The smallest absolute Gasteiger partial charge is 0.257 e. The minimum Gasteiger partial charge on any atom is -0.494 e. The zero-order valence-electron chi connectivity index (χ0n) is 13.5. The van der Waals surface area contributed by atoms with Crippen LogP contribution in [0.25, 0.3) is 0 Å². The van der Waals surface area contributed by atoms with Crippen LogP contribution in [0.4, 0.5) is 11.4 Å². The molecule has 0 aromatic heterocycles. The number of ether oxygens (including phenoxy) is 1. The van der Waals surface area contributed by atoms with Crippen molar-refractivity contribution in [2.75, 3.05) is 30.4 Å². The van der Waals surface area contributed by atoms with Crippen LogP contribution in [-0.4, -0.2) is 42.0 Å². The van der Waals surface area contributed by atoms with Crippen molar-refractivity contribution in [2.24, 2.45) is 0 Å². The fourth-order valence-electron chi connectivity index (χ4n) is 2.16. The third kappa shape index (κ3) is 4.97. The number of para-hydroxylation sites is 1. The van der Waals surface area contributed by atoms with Gasteiger partial charge in [0.25, 0.3) is 5.91 Å². The SMILES string of the molecule is CCOc1cccc(NC(=O)c2ccccc2NCC(O)CO)c1. The summed E-state index contributed by atoms with van der Waals surface area (Å²) in [6.45, 7) is 2.26. The molecule has 0 spiro atoms. The normalized spacial score (nSPS) is 11.6. The Morgan fingerprint density at radius 1 is 1.21 bits per heavy atom. The molecule has 2 aromatic rings. The molecule has 0 fully saturated rings. The Morgan fingerprint density at radius 3 is 2.75 bits per heavy atom. The maximum Gasteiger partial charge on any atom is 0.257 e. The molecule has 0 aliphatic heterocycles. The van der Waals surface area contributed by atoms with E-state index >= 15 is 0 Å². The number of benzene rings is 2. The van der Waals surface area contributed by atoms with Crippen molar-refractivity contribution in [1.82, 2.24) is 0 Å². The van der Waals surface area contributed by atoms with Gasteiger partial charge in [-0.15, -0.1) is 0 Å². The topological polar surface area (TPSA) is 90.8 Å². The van der Waals surface area contributed by atoms with Crippen LogP contribution < -0.4 is 15.4 Å². The molecule has 6 nitrogen and oxygen atoms in total. The molecule has 0 aliphatic rings. The maximum absolute atomic E-state index is 12.5. The molecule has 24 heavy (non-hydrogen) atoms. The predicted molar refractivity (Wildman–Crippen MR) is 93.6 cm³/mol. The monoisotopic (exact) mass is 330 g/mol. The average molecular weight is 330 g/mol. The minimum atomic E-state index is -0.885. The van der Waals surface area contributed by atoms with Crippen molar-refractivity contribution in [3.05, 3.63) is 54.1 Å². The van der Waals surface area contributed by atoms with E-state index < -0.39 is 6.10 Å². The summed E-state index contributed by atoms with van der Waals surface area (Å²) < 4.78 is 5.42. The molecule has 2 aromatic carbocycles. The summed E-state index contributed by atoms with van der Waals surface area (Å²) in [4.78, 5) is 12.5. The molecule has 1 unspecified atom stereocenters. The molecule has 0 saturated heterocycles. The van der Waals surface area contributed by atoms with Crippen LogP contribution in [0.1, 0.15) is 17.3 Å². The highest BCUT2D eigenvalue weighted by atomic mass is 16.5. The second-order valence-electron chi connectivity index (χ2n) is 5.18. The van der Waals surface area contributed by atoms with Crippen LogP contribution in [0, 0.1) is 0 Å². The zero-order chi connectivity index (χ0) is 17.4. The van der Waals surface area contributed by atoms with E-state index in [0.717, 1.165) is 0 Å². The molecule has 1 amide bonds. The third-order valence-electron chi connectivity index (χ3n) is 3.31. The summed E-state index contributed by atoms with van der Waals surface area (Å²) in [7, 11) is 0. The van der Waals surface area contributed by atoms with Gasteiger partial charge in [0.05, 0.1) is 24.9 Å². The maximum atomic E-state index is 12.5. The second-order valence-corrected chi connectivity index (χ2v) is 5.18. The van der Waals surface area contributed by atoms with E-state index in [4.69, 9.17) is 9.84 Å². The van der Waals surface area contributed by atoms with E-state index in [9.17, 15) is 9.90 Å². The molecule has 0 bridgehead atoms. The fraction of sp³-hybridized carbons (Fsp3) is 0.278. The quantitative estimate of drug-likeness (QED) is 0.595. The molecule has 128 valence electrons. The third-order valence-corrected chi connectivity index (χ3v) is 3.31. The molecule has 0 saturated carbocycles. The van der Waals surface area contributed by atoms with Crippen molar-refractivity contribution >= 4 is 17.3 Å². The number of carbonyl (C=O) groups excluding carboxylic acids is 1. The van der Waals surface area contributed by atoms with Gasteiger partial charge in [-0.25, -0.2) is 0 Å². The first-order valence-corrected chi connectivity index (χ1v) is 7.80.